The Bertz CT molecular complexity index is 735. The number of hydrogen-bond donors (Lipinski definition) is 1. The molecule has 0 aliphatic carbocycles. The Balaban J connectivity index is 1.83. The van der Waals surface area contributed by atoms with E-state index in [0.29, 0.717) is 18.0 Å². The predicted molar refractivity (Wildman–Crippen MR) is 76.0 cm³/mol. The quantitative estimate of drug-likeness (QED) is 0.804. The zero-order valence-electron chi connectivity index (χ0n) is 10.6. The highest BCUT2D eigenvalue weighted by atomic mass is 35.5. The average Bonchev–Trinajstić information content (AvgIpc) is 3.01. The van der Waals surface area contributed by atoms with Crippen LogP contribution < -0.4 is 5.73 Å². The van der Waals surface area contributed by atoms with Gasteiger partial charge in [0.1, 0.15) is 5.82 Å². The number of aryl methyl sites for hydroxylation is 2. The van der Waals surface area contributed by atoms with Gasteiger partial charge in [-0.3, -0.25) is 4.68 Å². The van der Waals surface area contributed by atoms with E-state index in [2.05, 4.69) is 10.1 Å². The summed E-state index contributed by atoms with van der Waals surface area (Å²) in [7, 11) is 0. The molecular weight excluding hydrogens is 281 g/mol. The Hall–Kier alpha value is -2.08. The molecule has 104 valence electrons. The number of fused-ring (bicyclic) bond motifs is 1. The van der Waals surface area contributed by atoms with Crippen LogP contribution in [0, 0.1) is 5.82 Å². The molecule has 2 N–H and O–H groups in total. The van der Waals surface area contributed by atoms with Crippen LogP contribution in [0.4, 0.5) is 10.3 Å². The van der Waals surface area contributed by atoms with Gasteiger partial charge in [0.15, 0.2) is 0 Å². The van der Waals surface area contributed by atoms with Gasteiger partial charge in [0.2, 0.25) is 5.95 Å². The highest BCUT2D eigenvalue weighted by Crippen LogP contribution is 2.25. The third-order valence-electron chi connectivity index (χ3n) is 3.15. The summed E-state index contributed by atoms with van der Waals surface area (Å²) in [4.78, 5) is 4.15. The molecule has 0 saturated heterocycles. The molecule has 0 amide bonds. The minimum atomic E-state index is -0.486. The van der Waals surface area contributed by atoms with Crippen LogP contribution in [0.3, 0.4) is 0 Å². The number of rotatable bonds is 4. The van der Waals surface area contributed by atoms with Crippen molar-refractivity contribution in [3.05, 3.63) is 41.4 Å². The zero-order valence-corrected chi connectivity index (χ0v) is 11.4. The molecule has 0 unspecified atom stereocenters. The molecule has 0 fully saturated rings. The van der Waals surface area contributed by atoms with Crippen LogP contribution in [0.5, 0.6) is 0 Å². The molecule has 5 nitrogen and oxygen atoms in total. The van der Waals surface area contributed by atoms with E-state index >= 15 is 0 Å². The lowest BCUT2D eigenvalue weighted by molar-refractivity contribution is 0.535. The van der Waals surface area contributed by atoms with Gasteiger partial charge in [0.25, 0.3) is 0 Å². The van der Waals surface area contributed by atoms with Crippen LogP contribution in [0.2, 0.25) is 5.02 Å². The van der Waals surface area contributed by atoms with Crippen molar-refractivity contribution < 1.29 is 4.39 Å². The Labute approximate surface area is 119 Å². The molecule has 2 heterocycles. The van der Waals surface area contributed by atoms with Gasteiger partial charge < -0.3 is 10.3 Å². The van der Waals surface area contributed by atoms with Crippen molar-refractivity contribution in [2.45, 2.75) is 19.5 Å². The van der Waals surface area contributed by atoms with E-state index in [9.17, 15) is 4.39 Å². The molecule has 0 saturated carbocycles. The minimum Gasteiger partial charge on any atom is -0.369 e. The number of imidazole rings is 1. The Kier molecular flexibility index (Phi) is 3.31. The third-order valence-corrected chi connectivity index (χ3v) is 3.44. The summed E-state index contributed by atoms with van der Waals surface area (Å²) in [5.41, 5.74) is 7.14. The third kappa shape index (κ3) is 2.34. The molecule has 3 rings (SSSR count). The van der Waals surface area contributed by atoms with Crippen LogP contribution in [0.25, 0.3) is 11.0 Å². The molecule has 1 aromatic carbocycles. The fraction of sp³-hybridized carbons (Fsp3) is 0.231. The van der Waals surface area contributed by atoms with Gasteiger partial charge in [-0.1, -0.05) is 11.6 Å². The second-order valence-electron chi connectivity index (χ2n) is 4.50. The highest BCUT2D eigenvalue weighted by Gasteiger charge is 2.11. The van der Waals surface area contributed by atoms with Gasteiger partial charge in [0, 0.05) is 31.5 Å². The van der Waals surface area contributed by atoms with Gasteiger partial charge in [-0.05, 0) is 18.6 Å². The van der Waals surface area contributed by atoms with Gasteiger partial charge >= 0.3 is 0 Å². The maximum atomic E-state index is 13.4. The van der Waals surface area contributed by atoms with E-state index in [1.165, 1.54) is 6.07 Å². The summed E-state index contributed by atoms with van der Waals surface area (Å²) in [6, 6.07) is 4.74. The molecule has 2 aromatic heterocycles. The maximum Gasteiger partial charge on any atom is 0.201 e. The van der Waals surface area contributed by atoms with Crippen molar-refractivity contribution in [3.63, 3.8) is 0 Å². The Morgan fingerprint density at radius 1 is 1.30 bits per heavy atom. The smallest absolute Gasteiger partial charge is 0.201 e. The molecule has 7 heteroatoms. The van der Waals surface area contributed by atoms with Crippen molar-refractivity contribution >= 4 is 28.6 Å². The van der Waals surface area contributed by atoms with Crippen molar-refractivity contribution in [1.82, 2.24) is 19.3 Å². The van der Waals surface area contributed by atoms with Crippen LogP contribution >= 0.6 is 11.6 Å². The molecule has 0 aliphatic heterocycles. The molecule has 0 aliphatic rings. The lowest BCUT2D eigenvalue weighted by atomic mass is 10.3. The van der Waals surface area contributed by atoms with Gasteiger partial charge in [0.05, 0.1) is 16.1 Å². The van der Waals surface area contributed by atoms with Gasteiger partial charge in [-0.2, -0.15) is 5.10 Å². The average molecular weight is 294 g/mol. The van der Waals surface area contributed by atoms with Crippen LogP contribution in [-0.4, -0.2) is 19.3 Å². The first-order valence-corrected chi connectivity index (χ1v) is 6.61. The number of aromatic nitrogens is 4. The molecule has 0 spiro atoms. The summed E-state index contributed by atoms with van der Waals surface area (Å²) >= 11 is 5.81. The minimum absolute atomic E-state index is 0.0747. The van der Waals surface area contributed by atoms with Crippen LogP contribution in [-0.2, 0) is 13.1 Å². The second-order valence-corrected chi connectivity index (χ2v) is 4.91. The monoisotopic (exact) mass is 293 g/mol. The summed E-state index contributed by atoms with van der Waals surface area (Å²) in [6.45, 7) is 1.45. The SMILES string of the molecule is Nc1nc2cc(F)c(Cl)cc2n1CCCn1cccn1. The first-order valence-electron chi connectivity index (χ1n) is 6.23. The highest BCUT2D eigenvalue weighted by molar-refractivity contribution is 6.31. The fourth-order valence-corrected chi connectivity index (χ4v) is 2.36. The number of nitrogens with two attached hydrogens (primary N) is 1. The number of halogens is 2. The summed E-state index contributed by atoms with van der Waals surface area (Å²) in [5.74, 6) is -0.123. The topological polar surface area (TPSA) is 61.7 Å². The zero-order chi connectivity index (χ0) is 14.1. The van der Waals surface area contributed by atoms with E-state index in [1.54, 1.807) is 12.3 Å². The van der Waals surface area contributed by atoms with Crippen molar-refractivity contribution in [3.8, 4) is 0 Å². The van der Waals surface area contributed by atoms with E-state index in [0.717, 1.165) is 18.5 Å². The second kappa shape index (κ2) is 5.13. The van der Waals surface area contributed by atoms with Crippen molar-refractivity contribution in [2.24, 2.45) is 0 Å². The first-order chi connectivity index (χ1) is 9.65. The molecule has 0 bridgehead atoms. The number of nitrogens with zero attached hydrogens (tertiary/aromatic N) is 4. The first kappa shape index (κ1) is 12.9. The molecule has 0 radical (unpaired) electrons. The summed E-state index contributed by atoms with van der Waals surface area (Å²) in [5, 5.41) is 4.21. The van der Waals surface area contributed by atoms with E-state index in [-0.39, 0.29) is 5.02 Å². The number of benzene rings is 1. The molecule has 20 heavy (non-hydrogen) atoms. The summed E-state index contributed by atoms with van der Waals surface area (Å²) < 4.78 is 17.1. The molecule has 3 aromatic rings. The maximum absolute atomic E-state index is 13.4. The predicted octanol–water partition coefficient (Wildman–Crippen LogP) is 2.70. The van der Waals surface area contributed by atoms with Crippen molar-refractivity contribution in [1.29, 1.82) is 0 Å². The van der Waals surface area contributed by atoms with Crippen LogP contribution in [0.1, 0.15) is 6.42 Å². The Morgan fingerprint density at radius 3 is 2.90 bits per heavy atom. The standard InChI is InChI=1S/C13H13ClFN5/c14-9-7-12-11(8-10(9)15)18-13(16)20(12)6-2-5-19-4-1-3-17-19/h1,3-4,7-8H,2,5-6H2,(H2,16,18). The number of hydrogen-bond acceptors (Lipinski definition) is 3. The van der Waals surface area contributed by atoms with Gasteiger partial charge in [-0.15, -0.1) is 0 Å². The number of nitrogen functional groups attached to an aromatic ring is 1. The van der Waals surface area contributed by atoms with Gasteiger partial charge in [-0.25, -0.2) is 9.37 Å². The van der Waals surface area contributed by atoms with Crippen LogP contribution in [0.15, 0.2) is 30.6 Å². The van der Waals surface area contributed by atoms with E-state index in [1.807, 2.05) is 21.5 Å². The Morgan fingerprint density at radius 2 is 2.15 bits per heavy atom. The van der Waals surface area contributed by atoms with E-state index in [4.69, 9.17) is 17.3 Å². The normalized spacial score (nSPS) is 11.3. The lowest BCUT2D eigenvalue weighted by Crippen LogP contribution is -2.07. The lowest BCUT2D eigenvalue weighted by Gasteiger charge is -2.07. The number of anilines is 1. The largest absolute Gasteiger partial charge is 0.369 e. The molecular formula is C13H13ClFN5. The fourth-order valence-electron chi connectivity index (χ4n) is 2.20. The van der Waals surface area contributed by atoms with E-state index < -0.39 is 5.82 Å². The summed E-state index contributed by atoms with van der Waals surface area (Å²) in [6.07, 6.45) is 4.48. The van der Waals surface area contributed by atoms with Crippen molar-refractivity contribution in [2.75, 3.05) is 5.73 Å². The molecule has 0 atom stereocenters.